The molecule has 0 aromatic heterocycles. The molecule has 1 aliphatic heterocycles. The van der Waals surface area contributed by atoms with E-state index >= 15 is 0 Å². The molecule has 8 heteroatoms. The molecule has 2 aromatic carbocycles. The number of piperazine rings is 1. The van der Waals surface area contributed by atoms with Crippen LogP contribution in [0, 0.1) is 0 Å². The number of halogens is 2. The molecule has 0 unspecified atom stereocenters. The first-order chi connectivity index (χ1) is 15.7. The summed E-state index contributed by atoms with van der Waals surface area (Å²) in [4.78, 5) is 29.2. The highest BCUT2D eigenvalue weighted by Crippen LogP contribution is 2.30. The largest absolute Gasteiger partial charge is 0.493 e. The number of benzene rings is 2. The van der Waals surface area contributed by atoms with Gasteiger partial charge < -0.3 is 19.3 Å². The quantitative estimate of drug-likeness (QED) is 0.590. The van der Waals surface area contributed by atoms with E-state index in [9.17, 15) is 18.4 Å². The standard InChI is InChI=1S/C25H28F2N2O4/c1-25(2,19-7-5-4-6-8-19)23(31)29-15-13-28(14-16-29)22(30)12-10-18-9-11-20(33-24(26)27)21(17-18)32-3/h4-12,17,24H,13-16H2,1-3H3. The highest BCUT2D eigenvalue weighted by molar-refractivity contribution is 5.92. The number of methoxy groups -OCH3 is 1. The van der Waals surface area contributed by atoms with E-state index in [1.807, 2.05) is 44.2 Å². The molecular formula is C25H28F2N2O4. The lowest BCUT2D eigenvalue weighted by atomic mass is 9.83. The van der Waals surface area contributed by atoms with Gasteiger partial charge in [-0.2, -0.15) is 8.78 Å². The lowest BCUT2D eigenvalue weighted by molar-refractivity contribution is -0.141. The number of amides is 2. The fraction of sp³-hybridized carbons (Fsp3) is 0.360. The zero-order valence-electron chi connectivity index (χ0n) is 19.0. The van der Waals surface area contributed by atoms with Gasteiger partial charge in [0.05, 0.1) is 12.5 Å². The molecule has 0 saturated carbocycles. The lowest BCUT2D eigenvalue weighted by Gasteiger charge is -2.38. The molecule has 33 heavy (non-hydrogen) atoms. The van der Waals surface area contributed by atoms with E-state index in [4.69, 9.17) is 4.74 Å². The van der Waals surface area contributed by atoms with Crippen molar-refractivity contribution in [2.24, 2.45) is 0 Å². The molecule has 2 aromatic rings. The van der Waals surface area contributed by atoms with Crippen LogP contribution in [0.4, 0.5) is 8.78 Å². The summed E-state index contributed by atoms with van der Waals surface area (Å²) < 4.78 is 34.4. The molecule has 6 nitrogen and oxygen atoms in total. The highest BCUT2D eigenvalue weighted by Gasteiger charge is 2.35. The van der Waals surface area contributed by atoms with Crippen molar-refractivity contribution in [2.45, 2.75) is 25.9 Å². The topological polar surface area (TPSA) is 59.1 Å². The first kappa shape index (κ1) is 24.2. The van der Waals surface area contributed by atoms with E-state index in [2.05, 4.69) is 4.74 Å². The molecule has 0 aliphatic carbocycles. The maximum absolute atomic E-state index is 13.1. The van der Waals surface area contributed by atoms with Crippen LogP contribution in [0.5, 0.6) is 11.5 Å². The van der Waals surface area contributed by atoms with Crippen molar-refractivity contribution in [1.29, 1.82) is 0 Å². The van der Waals surface area contributed by atoms with Gasteiger partial charge in [-0.15, -0.1) is 0 Å². The van der Waals surface area contributed by atoms with E-state index < -0.39 is 12.0 Å². The van der Waals surface area contributed by atoms with Crippen LogP contribution in [-0.2, 0) is 15.0 Å². The van der Waals surface area contributed by atoms with Crippen LogP contribution in [0.25, 0.3) is 6.08 Å². The SMILES string of the molecule is COc1cc(C=CC(=O)N2CCN(C(=O)C(C)(C)c3ccccc3)CC2)ccc1OC(F)F. The number of nitrogens with zero attached hydrogens (tertiary/aromatic N) is 2. The minimum atomic E-state index is -2.95. The summed E-state index contributed by atoms with van der Waals surface area (Å²) >= 11 is 0. The Morgan fingerprint density at radius 2 is 1.61 bits per heavy atom. The number of hydrogen-bond donors (Lipinski definition) is 0. The van der Waals surface area contributed by atoms with Crippen molar-refractivity contribution >= 4 is 17.9 Å². The Bertz CT molecular complexity index is 1000. The van der Waals surface area contributed by atoms with Gasteiger partial charge >= 0.3 is 6.61 Å². The predicted molar refractivity (Wildman–Crippen MR) is 121 cm³/mol. The molecule has 2 amide bonds. The first-order valence-corrected chi connectivity index (χ1v) is 10.7. The van der Waals surface area contributed by atoms with Crippen LogP contribution < -0.4 is 9.47 Å². The smallest absolute Gasteiger partial charge is 0.387 e. The van der Waals surface area contributed by atoms with Gasteiger partial charge in [0.15, 0.2) is 11.5 Å². The zero-order chi connectivity index (χ0) is 24.0. The third kappa shape index (κ3) is 5.88. The van der Waals surface area contributed by atoms with Crippen molar-refractivity contribution in [3.63, 3.8) is 0 Å². The summed E-state index contributed by atoms with van der Waals surface area (Å²) in [5.74, 6) is -0.0703. The van der Waals surface area contributed by atoms with Gasteiger partial charge in [0.25, 0.3) is 0 Å². The predicted octanol–water partition coefficient (Wildman–Crippen LogP) is 3.96. The zero-order valence-corrected chi connectivity index (χ0v) is 19.0. The van der Waals surface area contributed by atoms with E-state index in [-0.39, 0.29) is 23.3 Å². The third-order valence-corrected chi connectivity index (χ3v) is 5.73. The maximum atomic E-state index is 13.1. The van der Waals surface area contributed by atoms with Crippen LogP contribution >= 0.6 is 0 Å². The van der Waals surface area contributed by atoms with Gasteiger partial charge in [0.1, 0.15) is 0 Å². The fourth-order valence-electron chi connectivity index (χ4n) is 3.76. The Hall–Kier alpha value is -3.42. The number of carbonyl (C=O) groups is 2. The number of carbonyl (C=O) groups excluding carboxylic acids is 2. The van der Waals surface area contributed by atoms with Crippen LogP contribution in [0.3, 0.4) is 0 Å². The summed E-state index contributed by atoms with van der Waals surface area (Å²) in [6.45, 7) is 2.66. The van der Waals surface area contributed by atoms with E-state index in [1.54, 1.807) is 21.9 Å². The molecule has 176 valence electrons. The first-order valence-electron chi connectivity index (χ1n) is 10.7. The molecule has 0 spiro atoms. The normalized spacial score (nSPS) is 14.6. The Balaban J connectivity index is 1.58. The molecule has 0 radical (unpaired) electrons. The maximum Gasteiger partial charge on any atom is 0.387 e. The van der Waals surface area contributed by atoms with E-state index in [0.717, 1.165) is 5.56 Å². The van der Waals surface area contributed by atoms with E-state index in [1.165, 1.54) is 25.3 Å². The van der Waals surface area contributed by atoms with Gasteiger partial charge in [-0.1, -0.05) is 36.4 Å². The summed E-state index contributed by atoms with van der Waals surface area (Å²) in [5, 5.41) is 0. The Kier molecular flexibility index (Phi) is 7.68. The van der Waals surface area contributed by atoms with Gasteiger partial charge in [-0.3, -0.25) is 9.59 Å². The van der Waals surface area contributed by atoms with Gasteiger partial charge in [0.2, 0.25) is 11.8 Å². The van der Waals surface area contributed by atoms with Gasteiger partial charge in [0, 0.05) is 32.3 Å². The average Bonchev–Trinajstić information content (AvgIpc) is 2.83. The fourth-order valence-corrected chi connectivity index (χ4v) is 3.76. The molecule has 1 fully saturated rings. The van der Waals surface area contributed by atoms with Crippen molar-refractivity contribution in [2.75, 3.05) is 33.3 Å². The van der Waals surface area contributed by atoms with Crippen LogP contribution in [0.2, 0.25) is 0 Å². The van der Waals surface area contributed by atoms with Crippen LogP contribution in [-0.4, -0.2) is 61.5 Å². The van der Waals surface area contributed by atoms with Crippen molar-refractivity contribution in [1.82, 2.24) is 9.80 Å². The molecule has 1 saturated heterocycles. The van der Waals surface area contributed by atoms with Gasteiger partial charge in [-0.05, 0) is 43.2 Å². The van der Waals surface area contributed by atoms with Crippen molar-refractivity contribution in [3.05, 3.63) is 65.7 Å². The molecule has 0 bridgehead atoms. The lowest BCUT2D eigenvalue weighted by Crippen LogP contribution is -2.54. The van der Waals surface area contributed by atoms with Crippen molar-refractivity contribution in [3.8, 4) is 11.5 Å². The molecular weight excluding hydrogens is 430 g/mol. The number of ether oxygens (including phenoxy) is 2. The molecule has 0 N–H and O–H groups in total. The summed E-state index contributed by atoms with van der Waals surface area (Å²) in [5.41, 5.74) is 0.921. The van der Waals surface area contributed by atoms with Crippen LogP contribution in [0.1, 0.15) is 25.0 Å². The average molecular weight is 459 g/mol. The second kappa shape index (κ2) is 10.5. The molecule has 3 rings (SSSR count). The minimum absolute atomic E-state index is 0.0366. The second-order valence-corrected chi connectivity index (χ2v) is 8.23. The van der Waals surface area contributed by atoms with E-state index in [0.29, 0.717) is 31.7 Å². The monoisotopic (exact) mass is 458 g/mol. The summed E-state index contributed by atoms with van der Waals surface area (Å²) in [7, 11) is 1.35. The minimum Gasteiger partial charge on any atom is -0.493 e. The highest BCUT2D eigenvalue weighted by atomic mass is 19.3. The molecule has 1 heterocycles. The number of rotatable bonds is 7. The number of hydrogen-bond acceptors (Lipinski definition) is 4. The number of alkyl halides is 2. The molecule has 1 aliphatic rings. The Morgan fingerprint density at radius 3 is 2.21 bits per heavy atom. The van der Waals surface area contributed by atoms with Gasteiger partial charge in [-0.25, -0.2) is 0 Å². The molecule has 0 atom stereocenters. The Labute approximate surface area is 192 Å². The summed E-state index contributed by atoms with van der Waals surface area (Å²) in [6, 6.07) is 14.1. The Morgan fingerprint density at radius 1 is 0.970 bits per heavy atom. The second-order valence-electron chi connectivity index (χ2n) is 8.23. The van der Waals surface area contributed by atoms with Crippen LogP contribution in [0.15, 0.2) is 54.6 Å². The third-order valence-electron chi connectivity index (χ3n) is 5.73. The summed E-state index contributed by atoms with van der Waals surface area (Å²) in [6.07, 6.45) is 3.01. The van der Waals surface area contributed by atoms with Crippen molar-refractivity contribution < 1.29 is 27.8 Å².